The van der Waals surface area contributed by atoms with E-state index in [1.165, 1.54) is 11.8 Å². The highest BCUT2D eigenvalue weighted by Gasteiger charge is 2.35. The molecule has 0 spiro atoms. The Labute approximate surface area is 171 Å². The molecule has 2 unspecified atom stereocenters. The monoisotopic (exact) mass is 421 g/mol. The molecule has 1 aliphatic carbocycles. The van der Waals surface area contributed by atoms with Gasteiger partial charge in [0.15, 0.2) is 0 Å². The van der Waals surface area contributed by atoms with Crippen LogP contribution >= 0.6 is 11.8 Å². The van der Waals surface area contributed by atoms with E-state index in [1.807, 2.05) is 24.3 Å². The molecule has 2 aromatic rings. The molecule has 29 heavy (non-hydrogen) atoms. The smallest absolute Gasteiger partial charge is 0.352 e. The Morgan fingerprint density at radius 3 is 2.69 bits per heavy atom. The number of carbonyl (C=O) groups excluding carboxylic acids is 1. The Hall–Kier alpha value is -2.19. The van der Waals surface area contributed by atoms with Gasteiger partial charge in [-0.15, -0.1) is 0 Å². The number of amides is 1. The number of rotatable bonds is 3. The second kappa shape index (κ2) is 7.91. The quantitative estimate of drug-likeness (QED) is 0.514. The summed E-state index contributed by atoms with van der Waals surface area (Å²) in [6.07, 6.45) is -0.969. The predicted molar refractivity (Wildman–Crippen MR) is 108 cm³/mol. The Balaban J connectivity index is 1.70. The van der Waals surface area contributed by atoms with Crippen LogP contribution in [0, 0.1) is 11.8 Å². The fourth-order valence-corrected chi connectivity index (χ4v) is 5.12. The van der Waals surface area contributed by atoms with Crippen LogP contribution in [0.5, 0.6) is 0 Å². The second-order valence-electron chi connectivity index (χ2n) is 7.49. The van der Waals surface area contributed by atoms with E-state index in [-0.39, 0.29) is 23.4 Å². The molecule has 0 radical (unpaired) electrons. The van der Waals surface area contributed by atoms with Crippen molar-refractivity contribution < 1.29 is 18.0 Å². The first-order valence-corrected chi connectivity index (χ1v) is 10.5. The largest absolute Gasteiger partial charge is 0.416 e. The molecule has 154 valence electrons. The summed E-state index contributed by atoms with van der Waals surface area (Å²) in [6.45, 7) is 0.403. The van der Waals surface area contributed by atoms with Crippen LogP contribution in [-0.2, 0) is 11.0 Å². The van der Waals surface area contributed by atoms with Gasteiger partial charge in [0.1, 0.15) is 0 Å². The minimum atomic E-state index is -4.50. The van der Waals surface area contributed by atoms with E-state index in [0.717, 1.165) is 42.0 Å². The first-order chi connectivity index (χ1) is 13.9. The van der Waals surface area contributed by atoms with E-state index in [0.29, 0.717) is 23.5 Å². The lowest BCUT2D eigenvalue weighted by molar-refractivity contribution is -0.137. The fraction of sp³-hybridized carbons (Fsp3) is 0.381. The van der Waals surface area contributed by atoms with Gasteiger partial charge in [0.2, 0.25) is 5.91 Å². The van der Waals surface area contributed by atoms with Crippen molar-refractivity contribution in [3.63, 3.8) is 0 Å². The number of nitrogens with one attached hydrogen (secondary N) is 2. The van der Waals surface area contributed by atoms with E-state index in [2.05, 4.69) is 10.6 Å². The molecule has 4 rings (SSSR count). The lowest BCUT2D eigenvalue weighted by Gasteiger charge is -2.30. The molecule has 0 saturated heterocycles. The van der Waals surface area contributed by atoms with Crippen LogP contribution in [-0.4, -0.2) is 12.5 Å². The van der Waals surface area contributed by atoms with Crippen LogP contribution in [0.1, 0.15) is 31.2 Å². The normalized spacial score (nSPS) is 21.0. The molecule has 1 aliphatic heterocycles. The SMILES string of the molecule is NCC1CCCCC1C(=O)Nc1cc(C(F)(F)F)cc2c1Nc1ccccc1S2. The van der Waals surface area contributed by atoms with Gasteiger partial charge in [-0.1, -0.05) is 36.7 Å². The van der Waals surface area contributed by atoms with Gasteiger partial charge in [-0.2, -0.15) is 13.2 Å². The first-order valence-electron chi connectivity index (χ1n) is 9.67. The van der Waals surface area contributed by atoms with Crippen LogP contribution in [0.4, 0.5) is 30.2 Å². The second-order valence-corrected chi connectivity index (χ2v) is 8.58. The molecule has 1 fully saturated rings. The third kappa shape index (κ3) is 4.09. The van der Waals surface area contributed by atoms with Crippen molar-refractivity contribution in [2.75, 3.05) is 17.2 Å². The van der Waals surface area contributed by atoms with Gasteiger partial charge in [0, 0.05) is 15.7 Å². The van der Waals surface area contributed by atoms with E-state index in [1.54, 1.807) is 0 Å². The van der Waals surface area contributed by atoms with E-state index in [4.69, 9.17) is 5.73 Å². The van der Waals surface area contributed by atoms with Crippen molar-refractivity contribution in [1.29, 1.82) is 0 Å². The number of halogens is 3. The van der Waals surface area contributed by atoms with Crippen molar-refractivity contribution in [1.82, 2.24) is 0 Å². The van der Waals surface area contributed by atoms with Gasteiger partial charge in [0.05, 0.1) is 22.6 Å². The highest BCUT2D eigenvalue weighted by Crippen LogP contribution is 2.49. The number of nitrogens with two attached hydrogens (primary N) is 1. The van der Waals surface area contributed by atoms with E-state index < -0.39 is 11.7 Å². The predicted octanol–water partition coefficient (Wildman–Crippen LogP) is 5.62. The number of para-hydroxylation sites is 1. The lowest BCUT2D eigenvalue weighted by Crippen LogP contribution is -2.35. The molecule has 1 heterocycles. The lowest BCUT2D eigenvalue weighted by atomic mass is 9.78. The summed E-state index contributed by atoms with van der Waals surface area (Å²) in [6, 6.07) is 9.54. The maximum atomic E-state index is 13.5. The minimum absolute atomic E-state index is 0.0634. The molecular formula is C21H22F3N3OS. The molecule has 8 heteroatoms. The summed E-state index contributed by atoms with van der Waals surface area (Å²) in [7, 11) is 0. The summed E-state index contributed by atoms with van der Waals surface area (Å²) in [5.74, 6) is -0.469. The highest BCUT2D eigenvalue weighted by molar-refractivity contribution is 7.99. The van der Waals surface area contributed by atoms with Crippen molar-refractivity contribution in [3.05, 3.63) is 42.0 Å². The van der Waals surface area contributed by atoms with Crippen LogP contribution < -0.4 is 16.4 Å². The average molecular weight is 421 g/mol. The Morgan fingerprint density at radius 1 is 1.17 bits per heavy atom. The van der Waals surface area contributed by atoms with Crippen LogP contribution in [0.2, 0.25) is 0 Å². The van der Waals surface area contributed by atoms with E-state index in [9.17, 15) is 18.0 Å². The molecular weight excluding hydrogens is 399 g/mol. The number of fused-ring (bicyclic) bond motifs is 2. The summed E-state index contributed by atoms with van der Waals surface area (Å²) in [5.41, 5.74) is 6.50. The number of benzene rings is 2. The molecule has 1 amide bonds. The highest BCUT2D eigenvalue weighted by atomic mass is 32.2. The van der Waals surface area contributed by atoms with Gasteiger partial charge in [0.25, 0.3) is 0 Å². The minimum Gasteiger partial charge on any atom is -0.352 e. The first kappa shape index (κ1) is 20.1. The Morgan fingerprint density at radius 2 is 1.93 bits per heavy atom. The van der Waals surface area contributed by atoms with Gasteiger partial charge in [-0.05, 0) is 49.6 Å². The van der Waals surface area contributed by atoms with E-state index >= 15 is 0 Å². The summed E-state index contributed by atoms with van der Waals surface area (Å²) in [5, 5.41) is 5.97. The fourth-order valence-electron chi connectivity index (χ4n) is 4.06. The maximum absolute atomic E-state index is 13.5. The summed E-state index contributed by atoms with van der Waals surface area (Å²) in [4.78, 5) is 14.2. The van der Waals surface area contributed by atoms with Crippen LogP contribution in [0.3, 0.4) is 0 Å². The van der Waals surface area contributed by atoms with Crippen molar-refractivity contribution in [2.45, 2.75) is 41.7 Å². The van der Waals surface area contributed by atoms with Crippen molar-refractivity contribution in [2.24, 2.45) is 17.6 Å². The molecule has 4 N–H and O–H groups in total. The number of anilines is 3. The zero-order valence-corrected chi connectivity index (χ0v) is 16.5. The third-order valence-electron chi connectivity index (χ3n) is 5.60. The molecule has 2 aliphatic rings. The van der Waals surface area contributed by atoms with Crippen molar-refractivity contribution in [3.8, 4) is 0 Å². The van der Waals surface area contributed by atoms with Crippen LogP contribution in [0.25, 0.3) is 0 Å². The topological polar surface area (TPSA) is 67.2 Å². The maximum Gasteiger partial charge on any atom is 0.416 e. The number of hydrogen-bond acceptors (Lipinski definition) is 4. The van der Waals surface area contributed by atoms with Gasteiger partial charge in [-0.3, -0.25) is 4.79 Å². The van der Waals surface area contributed by atoms with Gasteiger partial charge >= 0.3 is 6.18 Å². The number of carbonyl (C=O) groups is 1. The molecule has 0 bridgehead atoms. The zero-order chi connectivity index (χ0) is 20.6. The standard InChI is InChI=1S/C21H22F3N3OS/c22-21(23,24)13-9-16(27-20(28)14-6-2-1-5-12(14)11-25)19-18(10-13)29-17-8-4-3-7-15(17)26-19/h3-4,7-10,12,14,26H,1-2,5-6,11,25H2,(H,27,28). The molecule has 2 aromatic carbocycles. The number of alkyl halides is 3. The average Bonchev–Trinajstić information content (AvgIpc) is 2.71. The van der Waals surface area contributed by atoms with Gasteiger partial charge in [-0.25, -0.2) is 0 Å². The molecule has 4 nitrogen and oxygen atoms in total. The number of hydrogen-bond donors (Lipinski definition) is 3. The van der Waals surface area contributed by atoms with Crippen molar-refractivity contribution >= 4 is 34.7 Å². The molecule has 0 aromatic heterocycles. The summed E-state index contributed by atoms with van der Waals surface area (Å²) < 4.78 is 40.5. The Bertz CT molecular complexity index is 932. The third-order valence-corrected chi connectivity index (χ3v) is 6.72. The zero-order valence-electron chi connectivity index (χ0n) is 15.7. The molecule has 1 saturated carbocycles. The summed E-state index contributed by atoms with van der Waals surface area (Å²) >= 11 is 1.26. The molecule has 2 atom stereocenters. The Kier molecular flexibility index (Phi) is 5.48. The van der Waals surface area contributed by atoms with Crippen LogP contribution in [0.15, 0.2) is 46.2 Å². The van der Waals surface area contributed by atoms with Gasteiger partial charge < -0.3 is 16.4 Å².